The van der Waals surface area contributed by atoms with Crippen molar-refractivity contribution in [2.45, 2.75) is 18.7 Å². The number of imidazole rings is 1. The Labute approximate surface area is 114 Å². The molecule has 1 aromatic carbocycles. The van der Waals surface area contributed by atoms with Crippen molar-refractivity contribution in [2.75, 3.05) is 0 Å². The number of nitrogens with one attached hydrogen (secondary N) is 1. The number of nitrogens with two attached hydrogens (primary N) is 1. The summed E-state index contributed by atoms with van der Waals surface area (Å²) < 4.78 is 27.8. The fraction of sp³-hybridized carbons (Fsp3) is 0.167. The van der Waals surface area contributed by atoms with Crippen LogP contribution in [0.2, 0.25) is 0 Å². The maximum Gasteiger partial charge on any atom is 0.238 e. The molecule has 7 nitrogen and oxygen atoms in total. The van der Waals surface area contributed by atoms with Crippen LogP contribution in [0.25, 0.3) is 22.4 Å². The molecule has 0 bridgehead atoms. The zero-order chi connectivity index (χ0) is 14.5. The molecule has 3 rings (SSSR count). The van der Waals surface area contributed by atoms with Gasteiger partial charge in [-0.2, -0.15) is 0 Å². The maximum absolute atomic E-state index is 11.3. The van der Waals surface area contributed by atoms with Crippen molar-refractivity contribution in [1.29, 1.82) is 0 Å². The summed E-state index contributed by atoms with van der Waals surface area (Å²) in [6.07, 6.45) is 0. The van der Waals surface area contributed by atoms with Gasteiger partial charge in [-0.1, -0.05) is 5.16 Å². The molecule has 0 saturated carbocycles. The molecule has 0 spiro atoms. The molecule has 0 aliphatic heterocycles. The minimum Gasteiger partial charge on any atom is -0.361 e. The molecule has 0 unspecified atom stereocenters. The Bertz CT molecular complexity index is 889. The molecule has 0 radical (unpaired) electrons. The lowest BCUT2D eigenvalue weighted by atomic mass is 10.2. The van der Waals surface area contributed by atoms with Gasteiger partial charge in [0.25, 0.3) is 0 Å². The Morgan fingerprint density at radius 1 is 1.30 bits per heavy atom. The van der Waals surface area contributed by atoms with Gasteiger partial charge in [0.15, 0.2) is 0 Å². The van der Waals surface area contributed by atoms with Gasteiger partial charge in [0, 0.05) is 0 Å². The lowest BCUT2D eigenvalue weighted by molar-refractivity contribution is 0.393. The number of benzene rings is 1. The second-order valence-electron chi connectivity index (χ2n) is 4.51. The Balaban J connectivity index is 2.22. The first kappa shape index (κ1) is 12.8. The summed E-state index contributed by atoms with van der Waals surface area (Å²) in [6, 6.07) is 4.49. The van der Waals surface area contributed by atoms with Gasteiger partial charge in [0.1, 0.15) is 11.6 Å². The van der Waals surface area contributed by atoms with Crippen molar-refractivity contribution in [2.24, 2.45) is 5.14 Å². The van der Waals surface area contributed by atoms with E-state index in [1.165, 1.54) is 12.1 Å². The molecule has 104 valence electrons. The lowest BCUT2D eigenvalue weighted by Gasteiger charge is -1.96. The van der Waals surface area contributed by atoms with Crippen LogP contribution in [0.15, 0.2) is 27.6 Å². The van der Waals surface area contributed by atoms with Crippen LogP contribution in [-0.2, 0) is 10.0 Å². The Hall–Kier alpha value is -2.19. The number of aromatic amines is 1. The summed E-state index contributed by atoms with van der Waals surface area (Å²) in [7, 11) is -3.73. The summed E-state index contributed by atoms with van der Waals surface area (Å²) in [6.45, 7) is 3.60. The van der Waals surface area contributed by atoms with Crippen LogP contribution in [0.1, 0.15) is 11.5 Å². The molecule has 20 heavy (non-hydrogen) atoms. The van der Waals surface area contributed by atoms with E-state index in [1.807, 2.05) is 6.92 Å². The largest absolute Gasteiger partial charge is 0.361 e. The van der Waals surface area contributed by atoms with Crippen LogP contribution in [0.4, 0.5) is 0 Å². The standard InChI is InChI=1S/C12H12N4O3S/c1-6-11(7(2)19-16-6)12-14-9-4-3-8(20(13,17)18)5-10(9)15-12/h3-5H,1-2H3,(H,14,15)(H2,13,17,18). The lowest BCUT2D eigenvalue weighted by Crippen LogP contribution is -2.11. The smallest absolute Gasteiger partial charge is 0.238 e. The fourth-order valence-electron chi connectivity index (χ4n) is 2.11. The number of hydrogen-bond donors (Lipinski definition) is 2. The molecule has 0 amide bonds. The second kappa shape index (κ2) is 4.15. The van der Waals surface area contributed by atoms with E-state index < -0.39 is 10.0 Å². The van der Waals surface area contributed by atoms with Crippen LogP contribution in [0.3, 0.4) is 0 Å². The monoisotopic (exact) mass is 292 g/mol. The van der Waals surface area contributed by atoms with Gasteiger partial charge in [-0.25, -0.2) is 18.5 Å². The van der Waals surface area contributed by atoms with Crippen molar-refractivity contribution in [1.82, 2.24) is 15.1 Å². The van der Waals surface area contributed by atoms with Crippen molar-refractivity contribution in [3.63, 3.8) is 0 Å². The summed E-state index contributed by atoms with van der Waals surface area (Å²) >= 11 is 0. The number of aromatic nitrogens is 3. The molecule has 8 heteroatoms. The van der Waals surface area contributed by atoms with Gasteiger partial charge >= 0.3 is 0 Å². The third-order valence-corrected chi connectivity index (χ3v) is 3.96. The highest BCUT2D eigenvalue weighted by Gasteiger charge is 2.16. The molecule has 2 heterocycles. The summed E-state index contributed by atoms with van der Waals surface area (Å²) in [5, 5.41) is 8.98. The van der Waals surface area contributed by atoms with Crippen LogP contribution in [0, 0.1) is 13.8 Å². The molecule has 0 fully saturated rings. The molecule has 3 N–H and O–H groups in total. The van der Waals surface area contributed by atoms with Gasteiger partial charge in [-0.15, -0.1) is 0 Å². The zero-order valence-corrected chi connectivity index (χ0v) is 11.7. The highest BCUT2D eigenvalue weighted by Crippen LogP contribution is 2.27. The van der Waals surface area contributed by atoms with Crippen LogP contribution in [0.5, 0.6) is 0 Å². The van der Waals surface area contributed by atoms with Crippen LogP contribution >= 0.6 is 0 Å². The third-order valence-electron chi connectivity index (χ3n) is 3.05. The van der Waals surface area contributed by atoms with Gasteiger partial charge in [0.05, 0.1) is 27.2 Å². The SMILES string of the molecule is Cc1noc(C)c1-c1nc2ccc(S(N)(=O)=O)cc2[nH]1. The van der Waals surface area contributed by atoms with Gasteiger partial charge < -0.3 is 9.51 Å². The molecule has 2 aromatic heterocycles. The van der Waals surface area contributed by atoms with E-state index in [0.717, 1.165) is 5.56 Å². The maximum atomic E-state index is 11.3. The number of hydrogen-bond acceptors (Lipinski definition) is 5. The molecule has 0 aliphatic carbocycles. The highest BCUT2D eigenvalue weighted by molar-refractivity contribution is 7.89. The first-order chi connectivity index (χ1) is 9.36. The number of nitrogens with zero attached hydrogens (tertiary/aromatic N) is 2. The Morgan fingerprint density at radius 3 is 2.65 bits per heavy atom. The average Bonchev–Trinajstić information content (AvgIpc) is 2.90. The van der Waals surface area contributed by atoms with Gasteiger partial charge in [-0.05, 0) is 32.0 Å². The van der Waals surface area contributed by atoms with E-state index in [1.54, 1.807) is 13.0 Å². The van der Waals surface area contributed by atoms with Crippen molar-refractivity contribution < 1.29 is 12.9 Å². The van der Waals surface area contributed by atoms with Crippen molar-refractivity contribution in [3.05, 3.63) is 29.7 Å². The third kappa shape index (κ3) is 1.98. The number of aryl methyl sites for hydroxylation is 2. The van der Waals surface area contributed by atoms with Gasteiger partial charge in [0.2, 0.25) is 10.0 Å². The van der Waals surface area contributed by atoms with Crippen molar-refractivity contribution in [3.8, 4) is 11.4 Å². The van der Waals surface area contributed by atoms with Crippen LogP contribution in [-0.4, -0.2) is 23.5 Å². The molecule has 0 atom stereocenters. The second-order valence-corrected chi connectivity index (χ2v) is 6.07. The van der Waals surface area contributed by atoms with Crippen molar-refractivity contribution >= 4 is 21.1 Å². The van der Waals surface area contributed by atoms with E-state index >= 15 is 0 Å². The number of fused-ring (bicyclic) bond motifs is 1. The quantitative estimate of drug-likeness (QED) is 0.742. The highest BCUT2D eigenvalue weighted by atomic mass is 32.2. The van der Waals surface area contributed by atoms with Crippen LogP contribution < -0.4 is 5.14 Å². The number of H-pyrrole nitrogens is 1. The fourth-order valence-corrected chi connectivity index (χ4v) is 2.65. The summed E-state index contributed by atoms with van der Waals surface area (Å²) in [5.74, 6) is 1.23. The molecule has 3 aromatic rings. The average molecular weight is 292 g/mol. The molecular formula is C12H12N4O3S. The Kier molecular flexibility index (Phi) is 2.66. The van der Waals surface area contributed by atoms with E-state index in [-0.39, 0.29) is 4.90 Å². The molecule has 0 aliphatic rings. The van der Waals surface area contributed by atoms with E-state index in [2.05, 4.69) is 15.1 Å². The predicted octanol–water partition coefficient (Wildman–Crippen LogP) is 1.48. The number of sulfonamides is 1. The van der Waals surface area contributed by atoms with E-state index in [9.17, 15) is 8.42 Å². The molecular weight excluding hydrogens is 280 g/mol. The minimum atomic E-state index is -3.73. The van der Waals surface area contributed by atoms with E-state index in [0.29, 0.717) is 28.3 Å². The predicted molar refractivity (Wildman–Crippen MR) is 72.4 cm³/mol. The van der Waals surface area contributed by atoms with Gasteiger partial charge in [-0.3, -0.25) is 0 Å². The summed E-state index contributed by atoms with van der Waals surface area (Å²) in [5.41, 5.74) is 2.73. The minimum absolute atomic E-state index is 0.0407. The van der Waals surface area contributed by atoms with E-state index in [4.69, 9.17) is 9.66 Å². The number of rotatable bonds is 2. The Morgan fingerprint density at radius 2 is 2.05 bits per heavy atom. The number of primary sulfonamides is 1. The first-order valence-corrected chi connectivity index (χ1v) is 7.37. The zero-order valence-electron chi connectivity index (χ0n) is 10.8. The molecule has 0 saturated heterocycles. The topological polar surface area (TPSA) is 115 Å². The normalized spacial score (nSPS) is 12.2. The summed E-state index contributed by atoms with van der Waals surface area (Å²) in [4.78, 5) is 7.51. The first-order valence-electron chi connectivity index (χ1n) is 5.82.